The van der Waals surface area contributed by atoms with E-state index in [9.17, 15) is 18.0 Å². The van der Waals surface area contributed by atoms with Gasteiger partial charge in [-0.1, -0.05) is 6.07 Å². The summed E-state index contributed by atoms with van der Waals surface area (Å²) < 4.78 is 50.1. The van der Waals surface area contributed by atoms with Gasteiger partial charge in [0.2, 0.25) is 5.89 Å². The van der Waals surface area contributed by atoms with Gasteiger partial charge in [-0.3, -0.25) is 15.7 Å². The van der Waals surface area contributed by atoms with Gasteiger partial charge in [0.15, 0.2) is 5.17 Å². The van der Waals surface area contributed by atoms with Crippen LogP contribution < -0.4 is 0 Å². The second-order valence-electron chi connectivity index (χ2n) is 6.48. The first kappa shape index (κ1) is 22.7. The standard InChI is InChI=1S/C18H19F3N6O3S/c1-10(22)31-17(23)27(18(28)26-4-6-29-7-5-26)9-12-3-2-11(8-13(12)19)15-24-25-16(30-15)14(20)21/h2-3,8,14,22-23H,4-7,9H2,1H3. The quantitative estimate of drug-likeness (QED) is 0.534. The summed E-state index contributed by atoms with van der Waals surface area (Å²) in [6.07, 6.45) is -2.94. The molecule has 0 aliphatic carbocycles. The lowest BCUT2D eigenvalue weighted by atomic mass is 10.1. The average Bonchev–Trinajstić information content (AvgIpc) is 3.23. The Bertz CT molecular complexity index is 980. The van der Waals surface area contributed by atoms with Gasteiger partial charge in [0, 0.05) is 24.2 Å². The number of amides is 2. The molecule has 3 rings (SSSR count). The number of halogens is 3. The Morgan fingerprint density at radius 2 is 2.00 bits per heavy atom. The molecule has 0 radical (unpaired) electrons. The van der Waals surface area contributed by atoms with E-state index in [4.69, 9.17) is 20.0 Å². The van der Waals surface area contributed by atoms with Crippen LogP contribution in [0.15, 0.2) is 22.6 Å². The fourth-order valence-corrected chi connectivity index (χ4v) is 3.31. The first-order valence-electron chi connectivity index (χ1n) is 9.12. The maximum Gasteiger partial charge on any atom is 0.326 e. The number of thioether (sulfide) groups is 1. The molecule has 2 amide bonds. The number of aromatic nitrogens is 2. The summed E-state index contributed by atoms with van der Waals surface area (Å²) in [6.45, 7) is 2.61. The van der Waals surface area contributed by atoms with Crippen molar-refractivity contribution in [3.05, 3.63) is 35.5 Å². The molecule has 1 aromatic heterocycles. The molecule has 2 N–H and O–H groups in total. The summed E-state index contributed by atoms with van der Waals surface area (Å²) in [5, 5.41) is 22.4. The van der Waals surface area contributed by atoms with Crippen LogP contribution in [0.2, 0.25) is 0 Å². The van der Waals surface area contributed by atoms with Gasteiger partial charge in [0.05, 0.1) is 24.8 Å². The molecule has 1 aliphatic heterocycles. The van der Waals surface area contributed by atoms with Crippen molar-refractivity contribution < 1.29 is 27.1 Å². The van der Waals surface area contributed by atoms with E-state index in [0.717, 1.165) is 22.7 Å². The molecule has 2 aromatic rings. The third-order valence-corrected chi connectivity index (χ3v) is 4.98. The first-order chi connectivity index (χ1) is 14.8. The van der Waals surface area contributed by atoms with Gasteiger partial charge in [0.25, 0.3) is 5.89 Å². The molecule has 0 saturated carbocycles. The molecule has 9 nitrogen and oxygen atoms in total. The van der Waals surface area contributed by atoms with Gasteiger partial charge in [-0.15, -0.1) is 10.2 Å². The van der Waals surface area contributed by atoms with E-state index in [2.05, 4.69) is 10.2 Å². The number of carbonyl (C=O) groups excluding carboxylic acids is 1. The number of rotatable bonds is 4. The first-order valence-corrected chi connectivity index (χ1v) is 9.94. The summed E-state index contributed by atoms with van der Waals surface area (Å²) >= 11 is 0.772. The van der Waals surface area contributed by atoms with Crippen LogP contribution in [0.1, 0.15) is 24.8 Å². The minimum atomic E-state index is -2.94. The molecular formula is C18H19F3N6O3S. The Hall–Kier alpha value is -2.93. The maximum absolute atomic E-state index is 14.8. The Morgan fingerprint density at radius 3 is 2.58 bits per heavy atom. The highest BCUT2D eigenvalue weighted by Gasteiger charge is 2.28. The molecular weight excluding hydrogens is 437 g/mol. The third-order valence-electron chi connectivity index (χ3n) is 4.26. The second-order valence-corrected chi connectivity index (χ2v) is 7.69. The second kappa shape index (κ2) is 9.92. The van der Waals surface area contributed by atoms with Crippen molar-refractivity contribution >= 4 is 28.0 Å². The minimum Gasteiger partial charge on any atom is -0.415 e. The summed E-state index contributed by atoms with van der Waals surface area (Å²) in [7, 11) is 0. The van der Waals surface area contributed by atoms with E-state index in [0.29, 0.717) is 26.3 Å². The molecule has 1 fully saturated rings. The van der Waals surface area contributed by atoms with Crippen molar-refractivity contribution in [2.75, 3.05) is 26.3 Å². The van der Waals surface area contributed by atoms with Crippen LogP contribution in [-0.2, 0) is 11.3 Å². The van der Waals surface area contributed by atoms with Crippen molar-refractivity contribution in [3.63, 3.8) is 0 Å². The zero-order chi connectivity index (χ0) is 22.5. The van der Waals surface area contributed by atoms with Crippen molar-refractivity contribution in [2.24, 2.45) is 0 Å². The van der Waals surface area contributed by atoms with Gasteiger partial charge in [0.1, 0.15) is 5.82 Å². The Kier molecular flexibility index (Phi) is 7.28. The molecule has 2 heterocycles. The SMILES string of the molecule is CC(=N)SC(=N)N(Cc1ccc(-c2nnc(C(F)F)o2)cc1F)C(=O)N1CCOCC1. The number of hydrogen-bond donors (Lipinski definition) is 2. The highest BCUT2D eigenvalue weighted by molar-refractivity contribution is 8.26. The number of morpholine rings is 1. The number of benzene rings is 1. The number of ether oxygens (including phenoxy) is 1. The van der Waals surface area contributed by atoms with Crippen LogP contribution in [0.4, 0.5) is 18.0 Å². The number of nitrogens with zero attached hydrogens (tertiary/aromatic N) is 4. The largest absolute Gasteiger partial charge is 0.415 e. The Morgan fingerprint density at radius 1 is 1.29 bits per heavy atom. The van der Waals surface area contributed by atoms with Crippen LogP contribution in [0, 0.1) is 16.6 Å². The number of alkyl halides is 2. The van der Waals surface area contributed by atoms with Crippen LogP contribution in [0.25, 0.3) is 11.5 Å². The third kappa shape index (κ3) is 5.61. The van der Waals surface area contributed by atoms with Crippen LogP contribution in [0.3, 0.4) is 0 Å². The topological polar surface area (TPSA) is 119 Å². The van der Waals surface area contributed by atoms with E-state index < -0.39 is 24.2 Å². The van der Waals surface area contributed by atoms with Gasteiger partial charge in [-0.2, -0.15) is 8.78 Å². The Labute approximate surface area is 179 Å². The number of hydrogen-bond acceptors (Lipinski definition) is 8. The van der Waals surface area contributed by atoms with Crippen molar-refractivity contribution in [1.82, 2.24) is 20.0 Å². The summed E-state index contributed by atoms with van der Waals surface area (Å²) in [5.74, 6) is -1.86. The predicted octanol–water partition coefficient (Wildman–Crippen LogP) is 3.73. The van der Waals surface area contributed by atoms with Gasteiger partial charge >= 0.3 is 12.5 Å². The monoisotopic (exact) mass is 456 g/mol. The van der Waals surface area contributed by atoms with Gasteiger partial charge in [-0.05, 0) is 30.8 Å². The van der Waals surface area contributed by atoms with E-state index in [1.54, 1.807) is 0 Å². The molecule has 0 bridgehead atoms. The minimum absolute atomic E-state index is 0.0898. The predicted molar refractivity (Wildman–Crippen MR) is 107 cm³/mol. The zero-order valence-corrected chi connectivity index (χ0v) is 17.2. The number of nitrogens with one attached hydrogen (secondary N) is 2. The zero-order valence-electron chi connectivity index (χ0n) is 16.4. The highest BCUT2D eigenvalue weighted by Crippen LogP contribution is 2.26. The molecule has 1 aliphatic rings. The molecule has 13 heteroatoms. The lowest BCUT2D eigenvalue weighted by molar-refractivity contribution is 0.0477. The highest BCUT2D eigenvalue weighted by atomic mass is 32.2. The number of carbonyl (C=O) groups is 1. The molecule has 31 heavy (non-hydrogen) atoms. The molecule has 1 saturated heterocycles. The molecule has 0 unspecified atom stereocenters. The van der Waals surface area contributed by atoms with E-state index in [-0.39, 0.29) is 33.8 Å². The van der Waals surface area contributed by atoms with Crippen molar-refractivity contribution in [3.8, 4) is 11.5 Å². The van der Waals surface area contributed by atoms with Crippen molar-refractivity contribution in [2.45, 2.75) is 19.9 Å². The smallest absolute Gasteiger partial charge is 0.326 e. The molecule has 1 aromatic carbocycles. The fourth-order valence-electron chi connectivity index (χ4n) is 2.77. The van der Waals surface area contributed by atoms with Crippen LogP contribution >= 0.6 is 11.8 Å². The van der Waals surface area contributed by atoms with Crippen molar-refractivity contribution in [1.29, 1.82) is 10.8 Å². The lowest BCUT2D eigenvalue weighted by Crippen LogP contribution is -2.49. The molecule has 166 valence electrons. The molecule has 0 atom stereocenters. The van der Waals surface area contributed by atoms with Gasteiger partial charge in [-0.25, -0.2) is 9.18 Å². The Balaban J connectivity index is 1.83. The molecule has 0 spiro atoms. The summed E-state index contributed by atoms with van der Waals surface area (Å²) in [6, 6.07) is 3.29. The van der Waals surface area contributed by atoms with E-state index in [1.165, 1.54) is 24.0 Å². The van der Waals surface area contributed by atoms with E-state index in [1.807, 2.05) is 0 Å². The van der Waals surface area contributed by atoms with Crippen LogP contribution in [0.5, 0.6) is 0 Å². The van der Waals surface area contributed by atoms with E-state index >= 15 is 0 Å². The number of amidine groups is 1. The van der Waals surface area contributed by atoms with Gasteiger partial charge < -0.3 is 14.1 Å². The lowest BCUT2D eigenvalue weighted by Gasteiger charge is -2.32. The maximum atomic E-state index is 14.8. The normalized spacial score (nSPS) is 14.0. The fraction of sp³-hybridized carbons (Fsp3) is 0.389. The van der Waals surface area contributed by atoms with Crippen LogP contribution in [-0.4, -0.2) is 62.5 Å². The average molecular weight is 456 g/mol. The summed E-state index contributed by atoms with van der Waals surface area (Å²) in [5.41, 5.74) is 0.193. The number of urea groups is 1. The summed E-state index contributed by atoms with van der Waals surface area (Å²) in [4.78, 5) is 15.5.